The van der Waals surface area contributed by atoms with Crippen molar-refractivity contribution in [2.24, 2.45) is 0 Å². The zero-order valence-corrected chi connectivity index (χ0v) is 10.1. The molecule has 0 aliphatic rings. The van der Waals surface area contributed by atoms with Crippen LogP contribution in [0, 0.1) is 11.8 Å². The molecule has 4 nitrogen and oxygen atoms in total. The van der Waals surface area contributed by atoms with Crippen LogP contribution in [-0.2, 0) is 4.79 Å². The van der Waals surface area contributed by atoms with E-state index < -0.39 is 5.97 Å². The Bertz CT molecular complexity index is 488. The molecule has 88 valence electrons. The summed E-state index contributed by atoms with van der Waals surface area (Å²) in [6.45, 7) is 1.50. The van der Waals surface area contributed by atoms with Gasteiger partial charge in [-0.3, -0.25) is 4.79 Å². The van der Waals surface area contributed by atoms with Crippen LogP contribution in [0.5, 0.6) is 0 Å². The summed E-state index contributed by atoms with van der Waals surface area (Å²) >= 11 is 1.20. The number of nitrogens with zero attached hydrogens (tertiary/aromatic N) is 1. The highest BCUT2D eigenvalue weighted by molar-refractivity contribution is 8.13. The van der Waals surface area contributed by atoms with Crippen molar-refractivity contribution < 1.29 is 14.7 Å². The average Bonchev–Trinajstić information content (AvgIpc) is 2.28. The number of rotatable bonds is 3. The Labute approximate surface area is 103 Å². The third-order valence-electron chi connectivity index (χ3n) is 1.77. The molecule has 0 aliphatic heterocycles. The number of aromatic nitrogens is 1. The van der Waals surface area contributed by atoms with Crippen LogP contribution < -0.4 is 0 Å². The first-order valence-corrected chi connectivity index (χ1v) is 5.90. The molecule has 17 heavy (non-hydrogen) atoms. The Balaban J connectivity index is 2.65. The Kier molecular flexibility index (Phi) is 5.24. The Morgan fingerprint density at radius 1 is 1.53 bits per heavy atom. The quantitative estimate of drug-likeness (QED) is 0.653. The maximum absolute atomic E-state index is 10.8. The van der Waals surface area contributed by atoms with Crippen LogP contribution in [0.15, 0.2) is 18.3 Å². The third-order valence-corrected chi connectivity index (χ3v) is 2.58. The largest absolute Gasteiger partial charge is 0.476 e. The van der Waals surface area contributed by atoms with Crippen LogP contribution in [-0.4, -0.2) is 26.9 Å². The number of hydrogen-bond donors (Lipinski definition) is 1. The topological polar surface area (TPSA) is 67.3 Å². The van der Waals surface area contributed by atoms with Crippen LogP contribution in [0.4, 0.5) is 0 Å². The molecule has 1 aromatic heterocycles. The second kappa shape index (κ2) is 6.71. The molecule has 1 aromatic rings. The van der Waals surface area contributed by atoms with Gasteiger partial charge in [-0.25, -0.2) is 9.78 Å². The first-order chi connectivity index (χ1) is 8.11. The fraction of sp³-hybridized carbons (Fsp3) is 0.250. The molecule has 0 fully saturated rings. The summed E-state index contributed by atoms with van der Waals surface area (Å²) in [5.74, 6) is 5.10. The van der Waals surface area contributed by atoms with Crippen LogP contribution >= 0.6 is 11.8 Å². The second-order valence-corrected chi connectivity index (χ2v) is 4.37. The van der Waals surface area contributed by atoms with Crippen molar-refractivity contribution in [3.05, 3.63) is 29.6 Å². The van der Waals surface area contributed by atoms with E-state index in [0.29, 0.717) is 17.7 Å². The SMILES string of the molecule is CC(=O)SCCC#Cc1cccnc1C(=O)O. The van der Waals surface area contributed by atoms with Crippen molar-refractivity contribution in [3.63, 3.8) is 0 Å². The summed E-state index contributed by atoms with van der Waals surface area (Å²) in [6, 6.07) is 3.25. The molecule has 0 amide bonds. The predicted octanol–water partition coefficient (Wildman–Crippen LogP) is 1.80. The van der Waals surface area contributed by atoms with Crippen molar-refractivity contribution in [1.29, 1.82) is 0 Å². The van der Waals surface area contributed by atoms with E-state index >= 15 is 0 Å². The van der Waals surface area contributed by atoms with E-state index in [0.717, 1.165) is 0 Å². The maximum Gasteiger partial charge on any atom is 0.355 e. The molecule has 0 saturated carbocycles. The summed E-state index contributed by atoms with van der Waals surface area (Å²) in [4.78, 5) is 25.2. The molecule has 0 radical (unpaired) electrons. The van der Waals surface area contributed by atoms with E-state index in [-0.39, 0.29) is 10.8 Å². The molecule has 0 bridgehead atoms. The minimum atomic E-state index is -1.09. The molecule has 5 heteroatoms. The van der Waals surface area contributed by atoms with Gasteiger partial charge in [0.1, 0.15) is 0 Å². The van der Waals surface area contributed by atoms with Gasteiger partial charge in [0.05, 0.1) is 5.56 Å². The lowest BCUT2D eigenvalue weighted by Gasteiger charge is -1.95. The Morgan fingerprint density at radius 2 is 2.29 bits per heavy atom. The van der Waals surface area contributed by atoms with Gasteiger partial charge in [0, 0.05) is 25.3 Å². The predicted molar refractivity (Wildman–Crippen MR) is 65.8 cm³/mol. The molecule has 0 spiro atoms. The van der Waals surface area contributed by atoms with Gasteiger partial charge in [-0.05, 0) is 12.1 Å². The molecule has 0 aromatic carbocycles. The summed E-state index contributed by atoms with van der Waals surface area (Å²) in [6.07, 6.45) is 1.96. The van der Waals surface area contributed by atoms with E-state index in [1.807, 2.05) is 0 Å². The van der Waals surface area contributed by atoms with Crippen LogP contribution in [0.1, 0.15) is 29.4 Å². The van der Waals surface area contributed by atoms with Gasteiger partial charge in [-0.2, -0.15) is 0 Å². The number of pyridine rings is 1. The van der Waals surface area contributed by atoms with E-state index in [9.17, 15) is 9.59 Å². The second-order valence-electron chi connectivity index (χ2n) is 3.10. The highest BCUT2D eigenvalue weighted by Gasteiger charge is 2.08. The van der Waals surface area contributed by atoms with E-state index in [1.54, 1.807) is 12.1 Å². The smallest absolute Gasteiger partial charge is 0.355 e. The highest BCUT2D eigenvalue weighted by Crippen LogP contribution is 2.05. The first-order valence-electron chi connectivity index (χ1n) is 4.92. The normalized spacial score (nSPS) is 9.24. The van der Waals surface area contributed by atoms with Crippen molar-refractivity contribution in [2.75, 3.05) is 5.75 Å². The molecular formula is C12H11NO3S. The molecule has 0 atom stereocenters. The lowest BCUT2D eigenvalue weighted by molar-refractivity contribution is -0.109. The zero-order valence-electron chi connectivity index (χ0n) is 9.27. The van der Waals surface area contributed by atoms with Crippen molar-refractivity contribution in [1.82, 2.24) is 4.98 Å². The summed E-state index contributed by atoms with van der Waals surface area (Å²) in [5.41, 5.74) is 0.354. The Morgan fingerprint density at radius 3 is 2.94 bits per heavy atom. The molecule has 0 unspecified atom stereocenters. The van der Waals surface area contributed by atoms with Gasteiger partial charge in [-0.1, -0.05) is 23.6 Å². The van der Waals surface area contributed by atoms with Gasteiger partial charge < -0.3 is 5.11 Å². The van der Waals surface area contributed by atoms with Crippen LogP contribution in [0.2, 0.25) is 0 Å². The molecule has 1 rings (SSSR count). The summed E-state index contributed by atoms with van der Waals surface area (Å²) in [7, 11) is 0. The van der Waals surface area contributed by atoms with Crippen LogP contribution in [0.3, 0.4) is 0 Å². The van der Waals surface area contributed by atoms with Gasteiger partial charge in [-0.15, -0.1) is 0 Å². The number of aromatic carboxylic acids is 1. The van der Waals surface area contributed by atoms with Gasteiger partial charge >= 0.3 is 5.97 Å². The number of carboxylic acids is 1. The maximum atomic E-state index is 10.8. The van der Waals surface area contributed by atoms with Crippen molar-refractivity contribution >= 4 is 22.8 Å². The molecule has 1 N–H and O–H groups in total. The number of thioether (sulfide) groups is 1. The zero-order chi connectivity index (χ0) is 12.7. The number of carboxylic acid groups (broad SMARTS) is 1. The molecule has 0 aliphatic carbocycles. The third kappa shape index (κ3) is 4.70. The fourth-order valence-corrected chi connectivity index (χ4v) is 1.57. The highest BCUT2D eigenvalue weighted by atomic mass is 32.2. The van der Waals surface area contributed by atoms with E-state index in [2.05, 4.69) is 16.8 Å². The number of hydrogen-bond acceptors (Lipinski definition) is 4. The van der Waals surface area contributed by atoms with E-state index in [4.69, 9.17) is 5.11 Å². The first kappa shape index (κ1) is 13.3. The molecular weight excluding hydrogens is 238 g/mol. The monoisotopic (exact) mass is 249 g/mol. The van der Waals surface area contributed by atoms with E-state index in [1.165, 1.54) is 24.9 Å². The lowest BCUT2D eigenvalue weighted by Crippen LogP contribution is -2.02. The van der Waals surface area contributed by atoms with Crippen molar-refractivity contribution in [2.45, 2.75) is 13.3 Å². The lowest BCUT2D eigenvalue weighted by atomic mass is 10.2. The summed E-state index contributed by atoms with van der Waals surface area (Å²) < 4.78 is 0. The molecule has 0 saturated heterocycles. The minimum Gasteiger partial charge on any atom is -0.476 e. The van der Waals surface area contributed by atoms with Gasteiger partial charge in [0.15, 0.2) is 10.8 Å². The summed E-state index contributed by atoms with van der Waals surface area (Å²) in [5, 5.41) is 8.92. The van der Waals surface area contributed by atoms with Crippen molar-refractivity contribution in [3.8, 4) is 11.8 Å². The van der Waals surface area contributed by atoms with Crippen LogP contribution in [0.25, 0.3) is 0 Å². The Hall–Kier alpha value is -1.80. The fourth-order valence-electron chi connectivity index (χ4n) is 1.08. The standard InChI is InChI=1S/C12H11NO3S/c1-9(14)17-8-3-2-5-10-6-4-7-13-11(10)12(15)16/h4,6-7H,3,8H2,1H3,(H,15,16). The number of carbonyl (C=O) groups excluding carboxylic acids is 1. The van der Waals surface area contributed by atoms with Gasteiger partial charge in [0.25, 0.3) is 0 Å². The minimum absolute atomic E-state index is 0.0424. The van der Waals surface area contributed by atoms with Gasteiger partial charge in [0.2, 0.25) is 0 Å². The number of carbonyl (C=O) groups is 2. The molecule has 1 heterocycles. The average molecular weight is 249 g/mol.